The molecule has 0 aromatic heterocycles. The molecule has 7 heteroatoms. The number of rotatable bonds is 8. The lowest BCUT2D eigenvalue weighted by Crippen LogP contribution is -2.41. The summed E-state index contributed by atoms with van der Waals surface area (Å²) in [6, 6.07) is 6.03. The third-order valence-electron chi connectivity index (χ3n) is 2.82. The maximum absolute atomic E-state index is 11.6. The van der Waals surface area contributed by atoms with Crippen LogP contribution in [0.4, 0.5) is 4.79 Å². The Morgan fingerprint density at radius 2 is 2.00 bits per heavy atom. The zero-order valence-corrected chi connectivity index (χ0v) is 11.9. The molecule has 0 aliphatic carbocycles. The molecule has 1 atom stereocenters. The third kappa shape index (κ3) is 6.13. The van der Waals surface area contributed by atoms with Crippen molar-refractivity contribution >= 4 is 12.1 Å². The lowest BCUT2D eigenvalue weighted by atomic mass is 10.1. The number of carboxylic acid groups (broad SMARTS) is 1. The molecule has 0 spiro atoms. The number of aliphatic carboxylic acids is 1. The number of alkyl carbamates (subject to hydrolysis) is 1. The van der Waals surface area contributed by atoms with Crippen LogP contribution in [0.2, 0.25) is 0 Å². The van der Waals surface area contributed by atoms with Gasteiger partial charge in [0.2, 0.25) is 0 Å². The van der Waals surface area contributed by atoms with E-state index >= 15 is 0 Å². The van der Waals surface area contributed by atoms with Crippen LogP contribution in [0.25, 0.3) is 0 Å². The second-order valence-electron chi connectivity index (χ2n) is 4.39. The number of nitrogens with one attached hydrogen (secondary N) is 1. The fraction of sp³-hybridized carbons (Fsp3) is 0.429. The van der Waals surface area contributed by atoms with Gasteiger partial charge in [-0.2, -0.15) is 0 Å². The van der Waals surface area contributed by atoms with Crippen LogP contribution < -0.4 is 15.8 Å². The monoisotopic (exact) mass is 296 g/mol. The zero-order valence-electron chi connectivity index (χ0n) is 11.9. The number of amides is 1. The van der Waals surface area contributed by atoms with E-state index in [-0.39, 0.29) is 13.0 Å². The van der Waals surface area contributed by atoms with Crippen LogP contribution in [-0.4, -0.2) is 36.9 Å². The standard InChI is InChI=1S/C14H20N2O5/c1-20-11-6-4-10(5-7-11)9-21-14(19)16-12(13(17)18)3-2-8-15/h4-7,12H,2-3,8-9,15H2,1H3,(H,16,19)(H,17,18). The Morgan fingerprint density at radius 1 is 1.33 bits per heavy atom. The van der Waals surface area contributed by atoms with Crippen LogP contribution >= 0.6 is 0 Å². The molecule has 0 aliphatic heterocycles. The lowest BCUT2D eigenvalue weighted by Gasteiger charge is -2.14. The molecular formula is C14H20N2O5. The Kier molecular flexibility index (Phi) is 7.03. The molecule has 4 N–H and O–H groups in total. The Bertz CT molecular complexity index is 461. The molecule has 0 fully saturated rings. The average molecular weight is 296 g/mol. The lowest BCUT2D eigenvalue weighted by molar-refractivity contribution is -0.139. The fourth-order valence-corrected chi connectivity index (χ4v) is 1.63. The summed E-state index contributed by atoms with van der Waals surface area (Å²) in [5.74, 6) is -0.402. The number of hydrogen-bond donors (Lipinski definition) is 3. The van der Waals surface area contributed by atoms with E-state index in [0.717, 1.165) is 5.56 Å². The van der Waals surface area contributed by atoms with E-state index in [0.29, 0.717) is 18.7 Å². The maximum atomic E-state index is 11.6. The largest absolute Gasteiger partial charge is 0.497 e. The van der Waals surface area contributed by atoms with Crippen molar-refractivity contribution in [3.63, 3.8) is 0 Å². The number of carbonyl (C=O) groups excluding carboxylic acids is 1. The molecule has 7 nitrogen and oxygen atoms in total. The van der Waals surface area contributed by atoms with Crippen molar-refractivity contribution in [2.24, 2.45) is 5.73 Å². The summed E-state index contributed by atoms with van der Waals surface area (Å²) in [5.41, 5.74) is 6.10. The van der Waals surface area contributed by atoms with Crippen molar-refractivity contribution in [3.8, 4) is 5.75 Å². The SMILES string of the molecule is COc1ccc(COC(=O)NC(CCCN)C(=O)O)cc1. The molecule has 0 saturated carbocycles. The second-order valence-corrected chi connectivity index (χ2v) is 4.39. The van der Waals surface area contributed by atoms with E-state index in [2.05, 4.69) is 5.32 Å². The van der Waals surface area contributed by atoms with Gasteiger partial charge in [0.05, 0.1) is 7.11 Å². The molecule has 0 radical (unpaired) electrons. The van der Waals surface area contributed by atoms with Crippen molar-refractivity contribution < 1.29 is 24.2 Å². The summed E-state index contributed by atoms with van der Waals surface area (Å²) in [4.78, 5) is 22.5. The van der Waals surface area contributed by atoms with E-state index in [4.69, 9.17) is 20.3 Å². The highest BCUT2D eigenvalue weighted by Gasteiger charge is 2.19. The first-order chi connectivity index (χ1) is 10.1. The van der Waals surface area contributed by atoms with Gasteiger partial charge in [0.25, 0.3) is 0 Å². The summed E-state index contributed by atoms with van der Waals surface area (Å²) in [6.45, 7) is 0.422. The number of hydrogen-bond acceptors (Lipinski definition) is 5. The molecular weight excluding hydrogens is 276 g/mol. The Morgan fingerprint density at radius 3 is 2.52 bits per heavy atom. The van der Waals surface area contributed by atoms with Crippen LogP contribution in [0.15, 0.2) is 24.3 Å². The Balaban J connectivity index is 2.42. The fourth-order valence-electron chi connectivity index (χ4n) is 1.63. The Hall–Kier alpha value is -2.28. The van der Waals surface area contributed by atoms with Gasteiger partial charge >= 0.3 is 12.1 Å². The number of carbonyl (C=O) groups is 2. The van der Waals surface area contributed by atoms with Gasteiger partial charge in [0.15, 0.2) is 0 Å². The molecule has 0 heterocycles. The number of nitrogens with two attached hydrogens (primary N) is 1. The van der Waals surface area contributed by atoms with Crippen LogP contribution in [0, 0.1) is 0 Å². The molecule has 1 aromatic rings. The summed E-state index contributed by atoms with van der Waals surface area (Å²) in [5, 5.41) is 11.3. The van der Waals surface area contributed by atoms with E-state index < -0.39 is 18.1 Å². The highest BCUT2D eigenvalue weighted by atomic mass is 16.5. The van der Waals surface area contributed by atoms with Crippen molar-refractivity contribution in [3.05, 3.63) is 29.8 Å². The van der Waals surface area contributed by atoms with Gasteiger partial charge in [-0.25, -0.2) is 9.59 Å². The second kappa shape index (κ2) is 8.80. The average Bonchev–Trinajstić information content (AvgIpc) is 2.49. The minimum atomic E-state index is -1.11. The summed E-state index contributed by atoms with van der Waals surface area (Å²) < 4.78 is 9.99. The minimum absolute atomic E-state index is 0.0546. The molecule has 1 unspecified atom stereocenters. The summed E-state index contributed by atoms with van der Waals surface area (Å²) in [7, 11) is 1.56. The topological polar surface area (TPSA) is 111 Å². The third-order valence-corrected chi connectivity index (χ3v) is 2.82. The molecule has 116 valence electrons. The summed E-state index contributed by atoms with van der Waals surface area (Å²) in [6.07, 6.45) is 0.00868. The first-order valence-corrected chi connectivity index (χ1v) is 6.56. The molecule has 1 rings (SSSR count). The van der Waals surface area contributed by atoms with Crippen LogP contribution in [-0.2, 0) is 16.1 Å². The summed E-state index contributed by atoms with van der Waals surface area (Å²) >= 11 is 0. The van der Waals surface area contributed by atoms with Gasteiger partial charge in [0, 0.05) is 0 Å². The first kappa shape index (κ1) is 16.8. The minimum Gasteiger partial charge on any atom is -0.497 e. The number of benzene rings is 1. The van der Waals surface area contributed by atoms with E-state index in [1.165, 1.54) is 0 Å². The van der Waals surface area contributed by atoms with Crippen LogP contribution in [0.1, 0.15) is 18.4 Å². The molecule has 0 saturated heterocycles. The van der Waals surface area contributed by atoms with Crippen molar-refractivity contribution in [1.29, 1.82) is 0 Å². The van der Waals surface area contributed by atoms with E-state index in [9.17, 15) is 9.59 Å². The number of methoxy groups -OCH3 is 1. The van der Waals surface area contributed by atoms with Gasteiger partial charge in [-0.05, 0) is 37.1 Å². The van der Waals surface area contributed by atoms with Gasteiger partial charge in [0.1, 0.15) is 18.4 Å². The van der Waals surface area contributed by atoms with E-state index in [1.54, 1.807) is 31.4 Å². The normalized spacial score (nSPS) is 11.5. The van der Waals surface area contributed by atoms with Crippen LogP contribution in [0.3, 0.4) is 0 Å². The maximum Gasteiger partial charge on any atom is 0.408 e. The zero-order chi connectivity index (χ0) is 15.7. The first-order valence-electron chi connectivity index (χ1n) is 6.56. The smallest absolute Gasteiger partial charge is 0.408 e. The van der Waals surface area contributed by atoms with Gasteiger partial charge in [-0.1, -0.05) is 12.1 Å². The Labute approximate surface area is 123 Å². The molecule has 1 amide bonds. The highest BCUT2D eigenvalue weighted by molar-refractivity contribution is 5.79. The van der Waals surface area contributed by atoms with Crippen molar-refractivity contribution in [1.82, 2.24) is 5.32 Å². The highest BCUT2D eigenvalue weighted by Crippen LogP contribution is 2.12. The number of carboxylic acids is 1. The predicted octanol–water partition coefficient (Wildman–Crippen LogP) is 1.11. The quantitative estimate of drug-likeness (QED) is 0.662. The van der Waals surface area contributed by atoms with Gasteiger partial charge in [-0.15, -0.1) is 0 Å². The number of ether oxygens (including phenoxy) is 2. The van der Waals surface area contributed by atoms with Crippen molar-refractivity contribution in [2.75, 3.05) is 13.7 Å². The predicted molar refractivity (Wildman–Crippen MR) is 76.0 cm³/mol. The van der Waals surface area contributed by atoms with E-state index in [1.807, 2.05) is 0 Å². The van der Waals surface area contributed by atoms with Gasteiger partial charge < -0.3 is 25.6 Å². The molecule has 0 bridgehead atoms. The van der Waals surface area contributed by atoms with Crippen LogP contribution in [0.5, 0.6) is 5.75 Å². The molecule has 0 aliphatic rings. The van der Waals surface area contributed by atoms with Crippen molar-refractivity contribution in [2.45, 2.75) is 25.5 Å². The molecule has 21 heavy (non-hydrogen) atoms. The van der Waals surface area contributed by atoms with Gasteiger partial charge in [-0.3, -0.25) is 0 Å². The molecule has 1 aromatic carbocycles.